The molecular weight excluding hydrogens is 224 g/mol. The van der Waals surface area contributed by atoms with Crippen LogP contribution in [0.5, 0.6) is 0 Å². The fourth-order valence-electron chi connectivity index (χ4n) is 0.936. The lowest BCUT2D eigenvalue weighted by Gasteiger charge is -2.06. The maximum Gasteiger partial charge on any atom is 0.337 e. The zero-order chi connectivity index (χ0) is 11.3. The Labute approximate surface area is 88.8 Å². The van der Waals surface area contributed by atoms with E-state index in [1.807, 2.05) is 0 Å². The van der Waals surface area contributed by atoms with Gasteiger partial charge in [0.15, 0.2) is 0 Å². The fraction of sp³-hybridized carbons (Fsp3) is 0. The second-order valence-corrected chi connectivity index (χ2v) is 3.16. The van der Waals surface area contributed by atoms with Crippen molar-refractivity contribution in [2.75, 3.05) is 5.43 Å². The van der Waals surface area contributed by atoms with E-state index in [0.29, 0.717) is 16.9 Å². The van der Waals surface area contributed by atoms with E-state index in [1.54, 1.807) is 0 Å². The predicted molar refractivity (Wildman–Crippen MR) is 51.9 cm³/mol. The van der Waals surface area contributed by atoms with Gasteiger partial charge in [-0.3, -0.25) is 5.84 Å². The molecule has 1 aromatic rings. The van der Waals surface area contributed by atoms with Crippen LogP contribution < -0.4 is 11.3 Å². The summed E-state index contributed by atoms with van der Waals surface area (Å²) in [6, 6.07) is 4.27. The highest BCUT2D eigenvalue weighted by Gasteiger charge is 2.10. The van der Waals surface area contributed by atoms with Gasteiger partial charge in [0.05, 0.1) is 23.3 Å². The van der Waals surface area contributed by atoms with Crippen molar-refractivity contribution in [1.82, 2.24) is 0 Å². The van der Waals surface area contributed by atoms with Crippen LogP contribution in [-0.4, -0.2) is 16.3 Å². The van der Waals surface area contributed by atoms with Gasteiger partial charge in [0.25, 0.3) is 0 Å². The van der Waals surface area contributed by atoms with E-state index in [0.717, 1.165) is 0 Å². The Bertz CT molecular complexity index is 359. The Kier molecular flexibility index (Phi) is 4.34. The first-order valence-corrected chi connectivity index (χ1v) is 4.42. The number of nitrogen functional groups attached to an aromatic ring is 1. The zero-order valence-corrected chi connectivity index (χ0v) is 8.15. The van der Waals surface area contributed by atoms with Crippen molar-refractivity contribution in [3.63, 3.8) is 0 Å². The normalized spacial score (nSPS) is 10.0. The van der Waals surface area contributed by atoms with Gasteiger partial charge in [-0.05, 0) is 18.2 Å². The summed E-state index contributed by atoms with van der Waals surface area (Å²) in [5.74, 6) is 4.04. The second-order valence-electron chi connectivity index (χ2n) is 2.38. The van der Waals surface area contributed by atoms with Gasteiger partial charge in [-0.15, -0.1) is 4.33 Å². The summed E-state index contributed by atoms with van der Waals surface area (Å²) in [4.78, 5) is 11.2. The molecule has 8 heteroatoms. The van der Waals surface area contributed by atoms with Crippen molar-refractivity contribution in [1.29, 1.82) is 0 Å². The standard InChI is InChI=1S/C7H8N2O5S/c8-9-6-3-4(15-14-13-12)1-2-5(6)7(10)11/h1-3,9,12H,8H2,(H,10,11). The van der Waals surface area contributed by atoms with Crippen LogP contribution in [0.4, 0.5) is 5.69 Å². The molecule has 0 heterocycles. The highest BCUT2D eigenvalue weighted by Crippen LogP contribution is 2.25. The summed E-state index contributed by atoms with van der Waals surface area (Å²) in [5.41, 5.74) is 2.51. The molecule has 0 saturated carbocycles. The van der Waals surface area contributed by atoms with Crippen molar-refractivity contribution in [2.45, 2.75) is 4.90 Å². The average molecular weight is 232 g/mol. The molecule has 1 aromatic carbocycles. The van der Waals surface area contributed by atoms with Crippen LogP contribution >= 0.6 is 12.0 Å². The maximum absolute atomic E-state index is 10.7. The van der Waals surface area contributed by atoms with Gasteiger partial charge in [-0.1, -0.05) is 5.04 Å². The van der Waals surface area contributed by atoms with Gasteiger partial charge in [-0.25, -0.2) is 10.1 Å². The summed E-state index contributed by atoms with van der Waals surface area (Å²) >= 11 is 0.710. The van der Waals surface area contributed by atoms with Crippen LogP contribution in [0.2, 0.25) is 0 Å². The molecule has 0 aliphatic carbocycles. The second kappa shape index (κ2) is 5.53. The Balaban J connectivity index is 2.92. The number of benzene rings is 1. The smallest absolute Gasteiger partial charge is 0.337 e. The number of rotatable bonds is 5. The number of carboxylic acids is 1. The van der Waals surface area contributed by atoms with E-state index in [1.165, 1.54) is 18.2 Å². The van der Waals surface area contributed by atoms with Crippen molar-refractivity contribution < 1.29 is 24.5 Å². The quantitative estimate of drug-likeness (QED) is 0.258. The molecule has 82 valence electrons. The summed E-state index contributed by atoms with van der Waals surface area (Å²) in [6.07, 6.45) is 0. The first-order valence-electron chi connectivity index (χ1n) is 3.67. The highest BCUT2D eigenvalue weighted by atomic mass is 32.2. The number of nitrogens with one attached hydrogen (secondary N) is 1. The first-order chi connectivity index (χ1) is 7.19. The van der Waals surface area contributed by atoms with Gasteiger partial charge in [0.2, 0.25) is 0 Å². The largest absolute Gasteiger partial charge is 0.478 e. The molecule has 0 radical (unpaired) electrons. The fourth-order valence-corrected chi connectivity index (χ4v) is 1.33. The van der Waals surface area contributed by atoms with E-state index >= 15 is 0 Å². The average Bonchev–Trinajstić information content (AvgIpc) is 2.25. The molecule has 0 aliphatic rings. The minimum atomic E-state index is -1.10. The summed E-state index contributed by atoms with van der Waals surface area (Å²) in [7, 11) is 0. The third-order valence-corrected chi connectivity index (χ3v) is 2.11. The van der Waals surface area contributed by atoms with E-state index in [9.17, 15) is 4.79 Å². The van der Waals surface area contributed by atoms with Gasteiger partial charge < -0.3 is 10.5 Å². The topological polar surface area (TPSA) is 114 Å². The van der Waals surface area contributed by atoms with Crippen molar-refractivity contribution in [3.05, 3.63) is 23.8 Å². The van der Waals surface area contributed by atoms with Crippen molar-refractivity contribution >= 4 is 23.7 Å². The minimum absolute atomic E-state index is 0.0340. The SMILES string of the molecule is NNc1cc(SOOO)ccc1C(=O)O. The molecule has 1 rings (SSSR count). The van der Waals surface area contributed by atoms with Crippen LogP contribution in [0.1, 0.15) is 10.4 Å². The third-order valence-electron chi connectivity index (χ3n) is 1.54. The number of nitrogens with two attached hydrogens (primary N) is 1. The van der Waals surface area contributed by atoms with Gasteiger partial charge in [0.1, 0.15) is 0 Å². The maximum atomic E-state index is 10.7. The third kappa shape index (κ3) is 3.08. The van der Waals surface area contributed by atoms with Crippen LogP contribution in [0.25, 0.3) is 0 Å². The number of aromatic carboxylic acids is 1. The van der Waals surface area contributed by atoms with Crippen LogP contribution in [0.15, 0.2) is 23.1 Å². The number of carbonyl (C=O) groups is 1. The molecule has 0 saturated heterocycles. The van der Waals surface area contributed by atoms with Gasteiger partial charge in [-0.2, -0.15) is 0 Å². The monoisotopic (exact) mass is 232 g/mol. The lowest BCUT2D eigenvalue weighted by Crippen LogP contribution is -2.11. The number of hydrazine groups is 1. The lowest BCUT2D eigenvalue weighted by molar-refractivity contribution is -0.432. The molecule has 0 fully saturated rings. The van der Waals surface area contributed by atoms with E-state index < -0.39 is 5.97 Å². The summed E-state index contributed by atoms with van der Waals surface area (Å²) in [5, 5.41) is 20.1. The van der Waals surface area contributed by atoms with Crippen molar-refractivity contribution in [2.24, 2.45) is 5.84 Å². The van der Waals surface area contributed by atoms with Crippen LogP contribution in [-0.2, 0) is 9.37 Å². The lowest BCUT2D eigenvalue weighted by atomic mass is 10.2. The number of carboxylic acid groups (broad SMARTS) is 1. The Hall–Kier alpha value is -1.32. The molecule has 0 aromatic heterocycles. The number of hydrogen-bond acceptors (Lipinski definition) is 7. The molecule has 0 amide bonds. The number of hydrogen-bond donors (Lipinski definition) is 4. The summed E-state index contributed by atoms with van der Waals surface area (Å²) < 4.78 is 4.18. The molecule has 0 unspecified atom stereocenters. The molecular formula is C7H8N2O5S. The number of anilines is 1. The molecule has 0 bridgehead atoms. The molecule has 15 heavy (non-hydrogen) atoms. The van der Waals surface area contributed by atoms with Crippen LogP contribution in [0, 0.1) is 0 Å². The summed E-state index contributed by atoms with van der Waals surface area (Å²) in [6.45, 7) is 0. The van der Waals surface area contributed by atoms with Crippen LogP contribution in [0.3, 0.4) is 0 Å². The van der Waals surface area contributed by atoms with E-state index in [2.05, 4.69) is 14.8 Å². The highest BCUT2D eigenvalue weighted by molar-refractivity contribution is 7.94. The molecule has 0 atom stereocenters. The molecule has 0 aliphatic heterocycles. The van der Waals surface area contributed by atoms with E-state index in [-0.39, 0.29) is 11.3 Å². The molecule has 0 spiro atoms. The Morgan fingerprint density at radius 3 is 2.80 bits per heavy atom. The minimum Gasteiger partial charge on any atom is -0.478 e. The predicted octanol–water partition coefficient (Wildman–Crippen LogP) is 1.10. The first kappa shape index (κ1) is 11.8. The molecule has 7 nitrogen and oxygen atoms in total. The van der Waals surface area contributed by atoms with Crippen molar-refractivity contribution in [3.8, 4) is 0 Å². The Morgan fingerprint density at radius 1 is 1.53 bits per heavy atom. The van der Waals surface area contributed by atoms with Gasteiger partial charge in [0, 0.05) is 4.90 Å². The zero-order valence-electron chi connectivity index (χ0n) is 7.34. The Morgan fingerprint density at radius 2 is 2.27 bits per heavy atom. The van der Waals surface area contributed by atoms with Gasteiger partial charge >= 0.3 is 5.97 Å². The van der Waals surface area contributed by atoms with E-state index in [4.69, 9.17) is 16.2 Å². The molecule has 5 N–H and O–H groups in total.